The summed E-state index contributed by atoms with van der Waals surface area (Å²) in [7, 11) is 3.14. The molecule has 0 aromatic heterocycles. The van der Waals surface area contributed by atoms with Gasteiger partial charge in [0.15, 0.2) is 11.5 Å². The van der Waals surface area contributed by atoms with Crippen molar-refractivity contribution < 1.29 is 14.6 Å². The zero-order chi connectivity index (χ0) is 12.4. The summed E-state index contributed by atoms with van der Waals surface area (Å²) in [6.45, 7) is 0. The zero-order valence-corrected chi connectivity index (χ0v) is 10.8. The number of benzene rings is 1. The van der Waals surface area contributed by atoms with Gasteiger partial charge < -0.3 is 14.6 Å². The Morgan fingerprint density at radius 2 is 1.88 bits per heavy atom. The van der Waals surface area contributed by atoms with Crippen molar-refractivity contribution in [1.82, 2.24) is 0 Å². The molecular weight excluding hydrogens is 240 g/mol. The van der Waals surface area contributed by atoms with Gasteiger partial charge in [-0.1, -0.05) is 24.4 Å². The fourth-order valence-electron chi connectivity index (χ4n) is 1.92. The number of hydrogen-bond donors (Lipinski definition) is 1. The van der Waals surface area contributed by atoms with E-state index in [1.807, 2.05) is 0 Å². The Hall–Kier alpha value is -0.930. The first-order valence-electron chi connectivity index (χ1n) is 5.75. The molecule has 1 aromatic rings. The van der Waals surface area contributed by atoms with E-state index in [4.69, 9.17) is 21.1 Å². The average Bonchev–Trinajstić information content (AvgIpc) is 3.12. The number of methoxy groups -OCH3 is 2. The summed E-state index contributed by atoms with van der Waals surface area (Å²) in [5.74, 6) is 1.83. The molecule has 1 aliphatic carbocycles. The third-order valence-corrected chi connectivity index (χ3v) is 3.44. The van der Waals surface area contributed by atoms with Gasteiger partial charge >= 0.3 is 0 Å². The number of aliphatic hydroxyl groups is 1. The van der Waals surface area contributed by atoms with E-state index >= 15 is 0 Å². The number of ether oxygens (including phenoxy) is 2. The molecule has 3 nitrogen and oxygen atoms in total. The fraction of sp³-hybridized carbons (Fsp3) is 0.538. The Morgan fingerprint density at radius 3 is 2.41 bits per heavy atom. The van der Waals surface area contributed by atoms with Crippen LogP contribution in [0.25, 0.3) is 0 Å². The van der Waals surface area contributed by atoms with E-state index in [-0.39, 0.29) is 0 Å². The van der Waals surface area contributed by atoms with Gasteiger partial charge in [0.25, 0.3) is 0 Å². The van der Waals surface area contributed by atoms with E-state index in [1.165, 1.54) is 12.8 Å². The van der Waals surface area contributed by atoms with Crippen LogP contribution in [0.1, 0.15) is 30.9 Å². The van der Waals surface area contributed by atoms with Crippen molar-refractivity contribution in [2.75, 3.05) is 14.2 Å². The number of halogens is 1. The summed E-state index contributed by atoms with van der Waals surface area (Å²) in [4.78, 5) is 0. The van der Waals surface area contributed by atoms with Gasteiger partial charge in [0.2, 0.25) is 0 Å². The molecule has 0 radical (unpaired) electrons. The lowest BCUT2D eigenvalue weighted by Gasteiger charge is -2.15. The Bertz CT molecular complexity index is 402. The summed E-state index contributed by atoms with van der Waals surface area (Å²) in [6, 6.07) is 3.44. The highest BCUT2D eigenvalue weighted by atomic mass is 35.5. The molecule has 0 amide bonds. The Balaban J connectivity index is 2.25. The van der Waals surface area contributed by atoms with Gasteiger partial charge in [-0.15, -0.1) is 0 Å². The van der Waals surface area contributed by atoms with Crippen LogP contribution in [-0.4, -0.2) is 19.3 Å². The van der Waals surface area contributed by atoms with Crippen LogP contribution in [0.4, 0.5) is 0 Å². The van der Waals surface area contributed by atoms with Gasteiger partial charge in [-0.05, 0) is 18.4 Å². The van der Waals surface area contributed by atoms with Crippen molar-refractivity contribution in [1.29, 1.82) is 0 Å². The lowest BCUT2D eigenvalue weighted by molar-refractivity contribution is 0.160. The maximum Gasteiger partial charge on any atom is 0.162 e. The average molecular weight is 257 g/mol. The monoisotopic (exact) mass is 256 g/mol. The quantitative estimate of drug-likeness (QED) is 0.879. The molecule has 1 fully saturated rings. The van der Waals surface area contributed by atoms with Crippen molar-refractivity contribution >= 4 is 11.6 Å². The highest BCUT2D eigenvalue weighted by Gasteiger charge is 2.26. The number of rotatable bonds is 5. The predicted octanol–water partition coefficient (Wildman–Crippen LogP) is 3.19. The van der Waals surface area contributed by atoms with Crippen molar-refractivity contribution in [2.45, 2.75) is 25.4 Å². The minimum absolute atomic E-state index is 0.519. The maximum atomic E-state index is 10.1. The molecule has 4 heteroatoms. The molecule has 1 unspecified atom stereocenters. The maximum absolute atomic E-state index is 10.1. The van der Waals surface area contributed by atoms with Crippen LogP contribution in [0, 0.1) is 5.92 Å². The van der Waals surface area contributed by atoms with E-state index < -0.39 is 6.10 Å². The largest absolute Gasteiger partial charge is 0.493 e. The molecule has 0 heterocycles. The smallest absolute Gasteiger partial charge is 0.162 e. The van der Waals surface area contributed by atoms with E-state index in [9.17, 15) is 5.11 Å². The Labute approximate surface area is 106 Å². The van der Waals surface area contributed by atoms with Crippen molar-refractivity contribution in [3.8, 4) is 11.5 Å². The van der Waals surface area contributed by atoms with Gasteiger partial charge in [-0.2, -0.15) is 0 Å². The van der Waals surface area contributed by atoms with Gasteiger partial charge in [0, 0.05) is 11.6 Å². The minimum Gasteiger partial charge on any atom is -0.493 e. The lowest BCUT2D eigenvalue weighted by Crippen LogP contribution is -2.01. The molecule has 2 rings (SSSR count). The van der Waals surface area contributed by atoms with Crippen molar-refractivity contribution in [3.63, 3.8) is 0 Å². The fourth-order valence-corrected chi connectivity index (χ4v) is 2.20. The third-order valence-electron chi connectivity index (χ3n) is 3.12. The Kier molecular flexibility index (Phi) is 3.79. The molecule has 1 atom stereocenters. The summed E-state index contributed by atoms with van der Waals surface area (Å²) >= 11 is 6.14. The van der Waals surface area contributed by atoms with Crippen LogP contribution in [0.2, 0.25) is 5.02 Å². The van der Waals surface area contributed by atoms with Crippen LogP contribution in [-0.2, 0) is 0 Å². The normalized spacial score (nSPS) is 16.7. The van der Waals surface area contributed by atoms with Crippen LogP contribution in [0.3, 0.4) is 0 Å². The lowest BCUT2D eigenvalue weighted by atomic mass is 10.0. The van der Waals surface area contributed by atoms with Gasteiger partial charge in [-0.25, -0.2) is 0 Å². The highest BCUT2D eigenvalue weighted by Crippen LogP contribution is 2.41. The van der Waals surface area contributed by atoms with E-state index in [0.29, 0.717) is 22.4 Å². The van der Waals surface area contributed by atoms with Crippen LogP contribution in [0.5, 0.6) is 11.5 Å². The third kappa shape index (κ3) is 2.85. The second-order valence-electron chi connectivity index (χ2n) is 4.42. The summed E-state index contributed by atoms with van der Waals surface area (Å²) in [5.41, 5.74) is 0.719. The SMILES string of the molecule is COc1cc(Cl)c(C(O)CC2CC2)cc1OC. The van der Waals surface area contributed by atoms with Gasteiger partial charge in [-0.3, -0.25) is 0 Å². The summed E-state index contributed by atoms with van der Waals surface area (Å²) in [5, 5.41) is 10.6. The molecule has 1 saturated carbocycles. The highest BCUT2D eigenvalue weighted by molar-refractivity contribution is 6.31. The van der Waals surface area contributed by atoms with E-state index in [1.54, 1.807) is 26.4 Å². The molecule has 94 valence electrons. The molecule has 1 aliphatic rings. The first-order chi connectivity index (χ1) is 8.15. The second kappa shape index (κ2) is 5.15. The standard InChI is InChI=1S/C13H17ClO3/c1-16-12-6-9(10(14)7-13(12)17-2)11(15)5-8-3-4-8/h6-8,11,15H,3-5H2,1-2H3. The molecule has 1 aromatic carbocycles. The number of aliphatic hydroxyl groups excluding tert-OH is 1. The van der Waals surface area contributed by atoms with Crippen molar-refractivity contribution in [2.24, 2.45) is 5.92 Å². The first-order valence-corrected chi connectivity index (χ1v) is 6.13. The van der Waals surface area contributed by atoms with E-state index in [0.717, 1.165) is 12.0 Å². The molecule has 0 spiro atoms. The minimum atomic E-state index is -0.519. The topological polar surface area (TPSA) is 38.7 Å². The molecule has 0 saturated heterocycles. The molecular formula is C13H17ClO3. The van der Waals surface area contributed by atoms with Gasteiger partial charge in [0.05, 0.1) is 25.3 Å². The summed E-state index contributed by atoms with van der Waals surface area (Å²) < 4.78 is 10.4. The zero-order valence-electron chi connectivity index (χ0n) is 10.1. The van der Waals surface area contributed by atoms with Crippen LogP contribution in [0.15, 0.2) is 12.1 Å². The first kappa shape index (κ1) is 12.5. The second-order valence-corrected chi connectivity index (χ2v) is 4.83. The van der Waals surface area contributed by atoms with E-state index in [2.05, 4.69) is 0 Å². The van der Waals surface area contributed by atoms with Crippen LogP contribution >= 0.6 is 11.6 Å². The molecule has 0 bridgehead atoms. The Morgan fingerprint density at radius 1 is 1.29 bits per heavy atom. The van der Waals surface area contributed by atoms with Crippen LogP contribution < -0.4 is 9.47 Å². The van der Waals surface area contributed by atoms with Gasteiger partial charge in [0.1, 0.15) is 0 Å². The predicted molar refractivity (Wildman–Crippen MR) is 66.9 cm³/mol. The van der Waals surface area contributed by atoms with Crippen molar-refractivity contribution in [3.05, 3.63) is 22.7 Å². The summed E-state index contributed by atoms with van der Waals surface area (Å²) in [6.07, 6.45) is 2.67. The number of hydrogen-bond acceptors (Lipinski definition) is 3. The molecule has 17 heavy (non-hydrogen) atoms. The molecule has 0 aliphatic heterocycles. The molecule has 1 N–H and O–H groups in total.